The van der Waals surface area contributed by atoms with Gasteiger partial charge in [-0.3, -0.25) is 4.79 Å². The largest absolute Gasteiger partial charge is 0.354 e. The molecule has 1 fully saturated rings. The molecule has 10 heavy (non-hydrogen) atoms. The van der Waals surface area contributed by atoms with Crippen molar-refractivity contribution in [3.63, 3.8) is 0 Å². The van der Waals surface area contributed by atoms with Crippen LogP contribution in [0.4, 0.5) is 0 Å². The molecular weight excluding hydrogens is 128 g/mol. The molecule has 1 amide bonds. The van der Waals surface area contributed by atoms with Gasteiger partial charge >= 0.3 is 0 Å². The van der Waals surface area contributed by atoms with Gasteiger partial charge in [-0.2, -0.15) is 0 Å². The topological polar surface area (TPSA) is 55.1 Å². The van der Waals surface area contributed by atoms with E-state index in [9.17, 15) is 4.79 Å². The summed E-state index contributed by atoms with van der Waals surface area (Å²) in [6, 6.07) is 0.643. The summed E-state index contributed by atoms with van der Waals surface area (Å²) in [5, 5.41) is 2.85. The molecule has 0 unspecified atom stereocenters. The minimum atomic E-state index is 0.0547. The van der Waals surface area contributed by atoms with E-state index in [0.717, 1.165) is 19.3 Å². The molecule has 1 aliphatic carbocycles. The Morgan fingerprint density at radius 1 is 1.60 bits per heavy atom. The molecule has 0 radical (unpaired) electrons. The number of nitrogens with two attached hydrogens (primary N) is 1. The molecule has 1 saturated carbocycles. The maximum atomic E-state index is 10.6. The summed E-state index contributed by atoms with van der Waals surface area (Å²) in [5.74, 6) is 0.0547. The Kier molecular flexibility index (Phi) is 2.27. The Morgan fingerprint density at radius 3 is 2.70 bits per heavy atom. The number of carbonyl (C=O) groups is 1. The monoisotopic (exact) mass is 142 g/mol. The van der Waals surface area contributed by atoms with Crippen LogP contribution in [0, 0.1) is 0 Å². The van der Waals surface area contributed by atoms with Crippen molar-refractivity contribution in [2.24, 2.45) is 5.73 Å². The molecule has 3 N–H and O–H groups in total. The van der Waals surface area contributed by atoms with Gasteiger partial charge in [0.15, 0.2) is 0 Å². The van der Waals surface area contributed by atoms with Crippen LogP contribution in [0.5, 0.6) is 0 Å². The van der Waals surface area contributed by atoms with Crippen molar-refractivity contribution in [2.75, 3.05) is 0 Å². The first-order valence-electron chi connectivity index (χ1n) is 3.71. The Hall–Kier alpha value is -0.570. The molecule has 0 aromatic carbocycles. The fourth-order valence-electron chi connectivity index (χ4n) is 1.43. The van der Waals surface area contributed by atoms with Gasteiger partial charge in [-0.15, -0.1) is 0 Å². The molecule has 0 bridgehead atoms. The van der Waals surface area contributed by atoms with Crippen LogP contribution in [0.3, 0.4) is 0 Å². The van der Waals surface area contributed by atoms with Crippen molar-refractivity contribution in [1.82, 2.24) is 5.32 Å². The lowest BCUT2D eigenvalue weighted by atomic mass is 10.2. The van der Waals surface area contributed by atoms with Crippen LogP contribution in [0.2, 0.25) is 0 Å². The first-order chi connectivity index (χ1) is 4.68. The van der Waals surface area contributed by atoms with E-state index < -0.39 is 0 Å². The average molecular weight is 142 g/mol. The van der Waals surface area contributed by atoms with Crippen LogP contribution in [0.15, 0.2) is 0 Å². The molecule has 58 valence electrons. The van der Waals surface area contributed by atoms with Crippen LogP contribution in [-0.4, -0.2) is 18.0 Å². The maximum absolute atomic E-state index is 10.6. The van der Waals surface area contributed by atoms with Crippen LogP contribution in [-0.2, 0) is 4.79 Å². The first-order valence-corrected chi connectivity index (χ1v) is 3.71. The number of amides is 1. The molecule has 3 nitrogen and oxygen atoms in total. The minimum absolute atomic E-state index is 0.0547. The quantitative estimate of drug-likeness (QED) is 0.541. The highest BCUT2D eigenvalue weighted by atomic mass is 16.1. The normalized spacial score (nSPS) is 32.2. The molecule has 0 spiro atoms. The van der Waals surface area contributed by atoms with Crippen molar-refractivity contribution in [3.05, 3.63) is 0 Å². The van der Waals surface area contributed by atoms with E-state index in [1.165, 1.54) is 0 Å². The molecular formula is C7H14N2O. The van der Waals surface area contributed by atoms with Crippen LogP contribution >= 0.6 is 0 Å². The van der Waals surface area contributed by atoms with Gasteiger partial charge in [-0.05, 0) is 19.3 Å². The van der Waals surface area contributed by atoms with Gasteiger partial charge in [-0.25, -0.2) is 0 Å². The van der Waals surface area contributed by atoms with E-state index in [1.54, 1.807) is 6.92 Å². The lowest BCUT2D eigenvalue weighted by molar-refractivity contribution is -0.119. The fraction of sp³-hybridized carbons (Fsp3) is 0.857. The highest BCUT2D eigenvalue weighted by Gasteiger charge is 2.21. The number of hydrogen-bond acceptors (Lipinski definition) is 2. The third-order valence-corrected chi connectivity index (χ3v) is 1.88. The first kappa shape index (κ1) is 7.54. The van der Waals surface area contributed by atoms with Crippen molar-refractivity contribution in [1.29, 1.82) is 0 Å². The predicted octanol–water partition coefficient (Wildman–Crippen LogP) is 0.00230. The second-order valence-electron chi connectivity index (χ2n) is 2.97. The van der Waals surface area contributed by atoms with Gasteiger partial charge in [-0.1, -0.05) is 0 Å². The van der Waals surface area contributed by atoms with Crippen molar-refractivity contribution in [3.8, 4) is 0 Å². The zero-order valence-corrected chi connectivity index (χ0v) is 6.26. The fourth-order valence-corrected chi connectivity index (χ4v) is 1.43. The van der Waals surface area contributed by atoms with Gasteiger partial charge < -0.3 is 11.1 Å². The standard InChI is InChI=1S/C7H14N2O/c1-5(10)9-7-3-2-6(8)4-7/h6-7H,2-4,8H2,1H3,(H,9,10)/t6-,7+/m1/s1. The third kappa shape index (κ3) is 1.99. The Bertz CT molecular complexity index is 136. The highest BCUT2D eigenvalue weighted by molar-refractivity contribution is 5.73. The van der Waals surface area contributed by atoms with E-state index in [-0.39, 0.29) is 5.91 Å². The smallest absolute Gasteiger partial charge is 0.217 e. The zero-order valence-electron chi connectivity index (χ0n) is 6.26. The molecule has 2 atom stereocenters. The van der Waals surface area contributed by atoms with Crippen LogP contribution in [0.25, 0.3) is 0 Å². The number of rotatable bonds is 1. The number of carbonyl (C=O) groups excluding carboxylic acids is 1. The lowest BCUT2D eigenvalue weighted by Gasteiger charge is -2.08. The van der Waals surface area contributed by atoms with E-state index in [1.807, 2.05) is 0 Å². The van der Waals surface area contributed by atoms with Crippen molar-refractivity contribution < 1.29 is 4.79 Å². The highest BCUT2D eigenvalue weighted by Crippen LogP contribution is 2.16. The molecule has 3 heteroatoms. The second-order valence-corrected chi connectivity index (χ2v) is 2.97. The van der Waals surface area contributed by atoms with Crippen molar-refractivity contribution >= 4 is 5.91 Å². The Labute approximate surface area is 61.0 Å². The summed E-state index contributed by atoms with van der Waals surface area (Å²) < 4.78 is 0. The van der Waals surface area contributed by atoms with E-state index in [0.29, 0.717) is 12.1 Å². The Balaban J connectivity index is 2.24. The number of nitrogens with one attached hydrogen (secondary N) is 1. The van der Waals surface area contributed by atoms with Gasteiger partial charge in [0.2, 0.25) is 5.91 Å². The average Bonchev–Trinajstić information content (AvgIpc) is 2.13. The van der Waals surface area contributed by atoms with E-state index in [4.69, 9.17) is 5.73 Å². The lowest BCUT2D eigenvalue weighted by Crippen LogP contribution is -2.32. The molecule has 0 heterocycles. The zero-order chi connectivity index (χ0) is 7.56. The van der Waals surface area contributed by atoms with E-state index in [2.05, 4.69) is 5.32 Å². The van der Waals surface area contributed by atoms with Gasteiger partial charge in [0.25, 0.3) is 0 Å². The molecule has 0 aliphatic heterocycles. The predicted molar refractivity (Wildman–Crippen MR) is 39.4 cm³/mol. The molecule has 1 aliphatic rings. The summed E-state index contributed by atoms with van der Waals surface area (Å²) in [5.41, 5.74) is 5.65. The maximum Gasteiger partial charge on any atom is 0.217 e. The SMILES string of the molecule is CC(=O)N[C@H]1CC[C@@H](N)C1. The third-order valence-electron chi connectivity index (χ3n) is 1.88. The summed E-state index contributed by atoms with van der Waals surface area (Å²) >= 11 is 0. The second kappa shape index (κ2) is 3.01. The minimum Gasteiger partial charge on any atom is -0.354 e. The van der Waals surface area contributed by atoms with E-state index >= 15 is 0 Å². The van der Waals surface area contributed by atoms with Gasteiger partial charge in [0.1, 0.15) is 0 Å². The van der Waals surface area contributed by atoms with Gasteiger partial charge in [0, 0.05) is 19.0 Å². The van der Waals surface area contributed by atoms with Gasteiger partial charge in [0.05, 0.1) is 0 Å². The summed E-state index contributed by atoms with van der Waals surface area (Å²) in [6.45, 7) is 1.55. The molecule has 0 saturated heterocycles. The molecule has 0 aromatic heterocycles. The molecule has 1 rings (SSSR count). The summed E-state index contributed by atoms with van der Waals surface area (Å²) in [7, 11) is 0. The number of hydrogen-bond donors (Lipinski definition) is 2. The van der Waals surface area contributed by atoms with Crippen LogP contribution in [0.1, 0.15) is 26.2 Å². The van der Waals surface area contributed by atoms with Crippen molar-refractivity contribution in [2.45, 2.75) is 38.3 Å². The summed E-state index contributed by atoms with van der Waals surface area (Å²) in [4.78, 5) is 10.6. The van der Waals surface area contributed by atoms with Crippen LogP contribution < -0.4 is 11.1 Å². The Morgan fingerprint density at radius 2 is 2.30 bits per heavy atom. The summed E-state index contributed by atoms with van der Waals surface area (Å²) in [6.07, 6.45) is 3.03. The molecule has 0 aromatic rings.